The van der Waals surface area contributed by atoms with Crippen molar-refractivity contribution in [3.05, 3.63) is 39.6 Å². The van der Waals surface area contributed by atoms with E-state index in [4.69, 9.17) is 20.8 Å². The fourth-order valence-corrected chi connectivity index (χ4v) is 6.27. The molecule has 196 valence electrons. The lowest BCUT2D eigenvalue weighted by Crippen LogP contribution is -2.52. The van der Waals surface area contributed by atoms with Crippen LogP contribution in [0.4, 0.5) is 0 Å². The van der Waals surface area contributed by atoms with Gasteiger partial charge in [0, 0.05) is 64.7 Å². The number of furan rings is 1. The standard InChI is InChI=1S/C24H32ClN5O5S/c1-16-12-29(36(3,32)33)7-6-28(16)14-18-10-19-23(35-18)20(15-27(2)24(19)31)21-11-22(25)26-30(21)13-17-4-8-34-9-5-17/h10-11,15-17H,4-9,12-14H2,1-3H3/t16-/m1/s1. The minimum Gasteiger partial charge on any atom is -0.459 e. The largest absolute Gasteiger partial charge is 0.459 e. The Morgan fingerprint density at radius 3 is 2.64 bits per heavy atom. The van der Waals surface area contributed by atoms with E-state index in [2.05, 4.69) is 10.00 Å². The van der Waals surface area contributed by atoms with Crippen molar-refractivity contribution in [1.29, 1.82) is 0 Å². The van der Waals surface area contributed by atoms with Crippen LogP contribution < -0.4 is 5.56 Å². The third-order valence-corrected chi connectivity index (χ3v) is 8.71. The average Bonchev–Trinajstić information content (AvgIpc) is 3.41. The smallest absolute Gasteiger partial charge is 0.261 e. The molecule has 1 atom stereocenters. The van der Waals surface area contributed by atoms with Gasteiger partial charge in [-0.25, -0.2) is 8.42 Å². The van der Waals surface area contributed by atoms with Crippen LogP contribution in [0, 0.1) is 5.92 Å². The van der Waals surface area contributed by atoms with Crippen LogP contribution in [0.5, 0.6) is 0 Å². The zero-order valence-corrected chi connectivity index (χ0v) is 22.4. The van der Waals surface area contributed by atoms with E-state index >= 15 is 0 Å². The van der Waals surface area contributed by atoms with E-state index in [0.717, 1.165) is 37.3 Å². The Morgan fingerprint density at radius 2 is 1.94 bits per heavy atom. The number of nitrogens with zero attached hydrogens (tertiary/aromatic N) is 5. The van der Waals surface area contributed by atoms with Gasteiger partial charge in [-0.1, -0.05) is 11.6 Å². The number of pyridine rings is 1. The van der Waals surface area contributed by atoms with E-state index in [1.54, 1.807) is 23.9 Å². The number of fused-ring (bicyclic) bond motifs is 1. The van der Waals surface area contributed by atoms with Crippen molar-refractivity contribution in [3.63, 3.8) is 0 Å². The van der Waals surface area contributed by atoms with Crippen LogP contribution in [0.15, 0.2) is 27.5 Å². The molecule has 5 heterocycles. The summed E-state index contributed by atoms with van der Waals surface area (Å²) in [6.07, 6.45) is 4.95. The molecule has 0 aliphatic carbocycles. The highest BCUT2D eigenvalue weighted by atomic mass is 35.5. The second-order valence-electron chi connectivity index (χ2n) is 9.95. The number of hydrogen-bond donors (Lipinski definition) is 0. The quantitative estimate of drug-likeness (QED) is 0.476. The van der Waals surface area contributed by atoms with Crippen molar-refractivity contribution in [3.8, 4) is 11.3 Å². The summed E-state index contributed by atoms with van der Waals surface area (Å²) in [5, 5.41) is 5.42. The Balaban J connectivity index is 1.47. The molecule has 0 spiro atoms. The van der Waals surface area contributed by atoms with Gasteiger partial charge in [0.15, 0.2) is 10.7 Å². The first kappa shape index (κ1) is 25.5. The summed E-state index contributed by atoms with van der Waals surface area (Å²) in [5.41, 5.74) is 1.95. The second-order valence-corrected chi connectivity index (χ2v) is 12.3. The summed E-state index contributed by atoms with van der Waals surface area (Å²) in [4.78, 5) is 15.2. The van der Waals surface area contributed by atoms with Gasteiger partial charge in [0.1, 0.15) is 5.76 Å². The highest BCUT2D eigenvalue weighted by Crippen LogP contribution is 2.32. The average molecular weight is 538 g/mol. The van der Waals surface area contributed by atoms with Gasteiger partial charge in [-0.2, -0.15) is 9.40 Å². The Bertz CT molecular complexity index is 1420. The van der Waals surface area contributed by atoms with E-state index in [1.165, 1.54) is 10.6 Å². The van der Waals surface area contributed by atoms with E-state index < -0.39 is 10.0 Å². The van der Waals surface area contributed by atoms with Gasteiger partial charge in [0.05, 0.1) is 29.4 Å². The number of halogens is 1. The molecule has 3 aromatic heterocycles. The fraction of sp³-hybridized carbons (Fsp3) is 0.583. The second kappa shape index (κ2) is 9.94. The first-order valence-corrected chi connectivity index (χ1v) is 14.5. The minimum absolute atomic E-state index is 0.0173. The number of ether oxygens (including phenoxy) is 1. The number of rotatable bonds is 6. The van der Waals surface area contributed by atoms with Crippen molar-refractivity contribution in [2.75, 3.05) is 39.1 Å². The number of hydrogen-bond acceptors (Lipinski definition) is 7. The topological polar surface area (TPSA) is 103 Å². The minimum atomic E-state index is -3.22. The molecule has 0 amide bonds. The molecule has 0 N–H and O–H groups in total. The summed E-state index contributed by atoms with van der Waals surface area (Å²) in [6.45, 7) is 6.14. The molecule has 2 aliphatic heterocycles. The van der Waals surface area contributed by atoms with Crippen LogP contribution >= 0.6 is 11.6 Å². The molecule has 3 aromatic rings. The number of aromatic nitrogens is 3. The molecular weight excluding hydrogens is 506 g/mol. The Kier molecular flexibility index (Phi) is 7.03. The fourth-order valence-electron chi connectivity index (χ4n) is 5.18. The molecular formula is C24H32ClN5O5S. The van der Waals surface area contributed by atoms with E-state index in [-0.39, 0.29) is 11.6 Å². The molecule has 12 heteroatoms. The van der Waals surface area contributed by atoms with Gasteiger partial charge in [-0.15, -0.1) is 0 Å². The maximum absolute atomic E-state index is 13.0. The normalized spacial score (nSPS) is 20.9. The predicted molar refractivity (Wildman–Crippen MR) is 138 cm³/mol. The zero-order chi connectivity index (χ0) is 25.6. The molecule has 0 radical (unpaired) electrons. The monoisotopic (exact) mass is 537 g/mol. The molecule has 0 unspecified atom stereocenters. The third kappa shape index (κ3) is 5.12. The maximum atomic E-state index is 13.0. The van der Waals surface area contributed by atoms with Gasteiger partial charge < -0.3 is 13.7 Å². The molecule has 36 heavy (non-hydrogen) atoms. The van der Waals surface area contributed by atoms with Crippen LogP contribution in [0.2, 0.25) is 5.15 Å². The Labute approximate surface area is 215 Å². The molecule has 2 saturated heterocycles. The van der Waals surface area contributed by atoms with E-state index in [1.807, 2.05) is 17.7 Å². The van der Waals surface area contributed by atoms with Crippen molar-refractivity contribution in [1.82, 2.24) is 23.6 Å². The van der Waals surface area contributed by atoms with Crippen LogP contribution in [0.25, 0.3) is 22.2 Å². The summed E-state index contributed by atoms with van der Waals surface area (Å²) in [5.74, 6) is 1.10. The molecule has 0 bridgehead atoms. The molecule has 2 fully saturated rings. The van der Waals surface area contributed by atoms with Gasteiger partial charge >= 0.3 is 0 Å². The van der Waals surface area contributed by atoms with Gasteiger partial charge in [0.2, 0.25) is 10.0 Å². The highest BCUT2D eigenvalue weighted by Gasteiger charge is 2.30. The first-order valence-electron chi connectivity index (χ1n) is 12.2. The van der Waals surface area contributed by atoms with Gasteiger partial charge in [-0.3, -0.25) is 14.4 Å². The van der Waals surface area contributed by atoms with Crippen molar-refractivity contribution < 1.29 is 17.6 Å². The highest BCUT2D eigenvalue weighted by molar-refractivity contribution is 7.88. The summed E-state index contributed by atoms with van der Waals surface area (Å²) >= 11 is 6.34. The van der Waals surface area contributed by atoms with Crippen molar-refractivity contribution in [2.24, 2.45) is 13.0 Å². The van der Waals surface area contributed by atoms with Gasteiger partial charge in [-0.05, 0) is 31.7 Å². The van der Waals surface area contributed by atoms with Crippen molar-refractivity contribution in [2.45, 2.75) is 38.9 Å². The molecule has 0 saturated carbocycles. The number of sulfonamides is 1. The van der Waals surface area contributed by atoms with Crippen LogP contribution in [-0.2, 0) is 34.9 Å². The molecule has 10 nitrogen and oxygen atoms in total. The predicted octanol–water partition coefficient (Wildman–Crippen LogP) is 2.54. The van der Waals surface area contributed by atoms with Crippen LogP contribution in [-0.4, -0.2) is 77.1 Å². The first-order chi connectivity index (χ1) is 17.1. The zero-order valence-electron chi connectivity index (χ0n) is 20.8. The van der Waals surface area contributed by atoms with Crippen molar-refractivity contribution >= 4 is 32.6 Å². The summed E-state index contributed by atoms with van der Waals surface area (Å²) in [6, 6.07) is 3.63. The summed E-state index contributed by atoms with van der Waals surface area (Å²) < 4.78 is 40.6. The SMILES string of the molecule is C[C@@H]1CN(S(C)(=O)=O)CCN1Cc1cc2c(=O)n(C)cc(-c3cc(Cl)nn3CC3CCOCC3)c2o1. The Morgan fingerprint density at radius 1 is 1.19 bits per heavy atom. The van der Waals surface area contributed by atoms with E-state index in [9.17, 15) is 13.2 Å². The Hall–Kier alpha value is -2.18. The van der Waals surface area contributed by atoms with Gasteiger partial charge in [0.25, 0.3) is 5.56 Å². The number of aryl methyl sites for hydroxylation is 1. The molecule has 0 aromatic carbocycles. The lowest BCUT2D eigenvalue weighted by atomic mass is 10.0. The molecule has 2 aliphatic rings. The molecule has 5 rings (SSSR count). The lowest BCUT2D eigenvalue weighted by molar-refractivity contribution is 0.0603. The third-order valence-electron chi connectivity index (χ3n) is 7.26. The van der Waals surface area contributed by atoms with E-state index in [0.29, 0.717) is 60.5 Å². The summed E-state index contributed by atoms with van der Waals surface area (Å²) in [7, 11) is -1.49. The van der Waals surface area contributed by atoms with Crippen LogP contribution in [0.1, 0.15) is 25.5 Å². The lowest BCUT2D eigenvalue weighted by Gasteiger charge is -2.38. The van der Waals surface area contributed by atoms with Crippen LogP contribution in [0.3, 0.4) is 0 Å². The number of piperazine rings is 1. The maximum Gasteiger partial charge on any atom is 0.261 e.